The number of nitrogens with zero attached hydrogens (tertiary/aromatic N) is 2. The average Bonchev–Trinajstić information content (AvgIpc) is 3.46. The highest BCUT2D eigenvalue weighted by atomic mass is 35.5. The van der Waals surface area contributed by atoms with Gasteiger partial charge in [-0.2, -0.15) is 0 Å². The smallest absolute Gasteiger partial charge is 0.341 e. The Balaban J connectivity index is 1.67. The third-order valence-electron chi connectivity index (χ3n) is 6.74. The third-order valence-corrected chi connectivity index (χ3v) is 7.10. The van der Waals surface area contributed by atoms with Crippen LogP contribution in [0.5, 0.6) is 0 Å². The van der Waals surface area contributed by atoms with Gasteiger partial charge in [-0.05, 0) is 38.3 Å². The fourth-order valence-corrected chi connectivity index (χ4v) is 5.50. The molecule has 6 nitrogen and oxygen atoms in total. The number of aromatic nitrogens is 1. The summed E-state index contributed by atoms with van der Waals surface area (Å²) in [5.74, 6) is -1.24. The number of carbonyl (C=O) groups is 1. The number of carboxylic acids is 1. The van der Waals surface area contributed by atoms with Gasteiger partial charge in [-0.3, -0.25) is 4.79 Å². The lowest BCUT2D eigenvalue weighted by Gasteiger charge is -2.28. The van der Waals surface area contributed by atoms with Crippen molar-refractivity contribution in [2.24, 2.45) is 11.8 Å². The SMILES string of the molecule is CN[C@@H]1CC=C[C@@H]2CN(c3c(F)cc4c(=O)c(C(=O)O)cn(C5CC5)c4c3Cl)C[C@H]21. The summed E-state index contributed by atoms with van der Waals surface area (Å²) in [5, 5.41) is 13.0. The standard InChI is InChI=1S/C22H23ClFN3O3/c1-25-17-4-2-3-11-8-26(9-14(11)17)20-16(24)7-13-19(18(20)23)27(12-5-6-12)10-15(21(13)28)22(29)30/h2-3,7,10-12,14,17,25H,4-6,8-9H2,1H3,(H,29,30)/t11-,14-,17-/m1/s1. The molecular formula is C22H23ClFN3O3. The van der Waals surface area contributed by atoms with E-state index < -0.39 is 17.2 Å². The van der Waals surface area contributed by atoms with Crippen molar-refractivity contribution >= 4 is 34.2 Å². The minimum absolute atomic E-state index is 0.0256. The Morgan fingerprint density at radius 3 is 2.77 bits per heavy atom. The van der Waals surface area contributed by atoms with E-state index in [-0.39, 0.29) is 22.0 Å². The van der Waals surface area contributed by atoms with Crippen molar-refractivity contribution in [1.29, 1.82) is 0 Å². The van der Waals surface area contributed by atoms with Crippen molar-refractivity contribution in [2.75, 3.05) is 25.0 Å². The van der Waals surface area contributed by atoms with Gasteiger partial charge in [0.25, 0.3) is 0 Å². The zero-order valence-electron chi connectivity index (χ0n) is 16.6. The van der Waals surface area contributed by atoms with E-state index in [2.05, 4.69) is 17.5 Å². The number of hydrogen-bond donors (Lipinski definition) is 2. The molecule has 1 saturated carbocycles. The van der Waals surface area contributed by atoms with Gasteiger partial charge < -0.3 is 19.9 Å². The van der Waals surface area contributed by atoms with Crippen LogP contribution in [0.3, 0.4) is 0 Å². The molecule has 0 spiro atoms. The first-order valence-corrected chi connectivity index (χ1v) is 10.7. The molecule has 2 aliphatic carbocycles. The van der Waals surface area contributed by atoms with Crippen LogP contribution in [0.1, 0.15) is 35.7 Å². The van der Waals surface area contributed by atoms with E-state index in [0.29, 0.717) is 42.2 Å². The number of nitrogens with one attached hydrogen (secondary N) is 1. The highest BCUT2D eigenvalue weighted by Gasteiger charge is 2.39. The molecule has 1 saturated heterocycles. The lowest BCUT2D eigenvalue weighted by Crippen LogP contribution is -2.39. The van der Waals surface area contributed by atoms with Crippen LogP contribution in [0.15, 0.2) is 29.2 Å². The van der Waals surface area contributed by atoms with Gasteiger partial charge in [0.1, 0.15) is 11.4 Å². The summed E-state index contributed by atoms with van der Waals surface area (Å²) in [5.41, 5.74) is -0.318. The van der Waals surface area contributed by atoms with Crippen LogP contribution >= 0.6 is 11.6 Å². The predicted molar refractivity (Wildman–Crippen MR) is 114 cm³/mol. The van der Waals surface area contributed by atoms with Crippen molar-refractivity contribution in [3.63, 3.8) is 0 Å². The molecule has 3 atom stereocenters. The topological polar surface area (TPSA) is 74.6 Å². The number of halogens is 2. The number of anilines is 1. The van der Waals surface area contributed by atoms with Crippen LogP contribution in [0, 0.1) is 17.7 Å². The third kappa shape index (κ3) is 2.94. The Labute approximate surface area is 177 Å². The van der Waals surface area contributed by atoms with Crippen LogP contribution in [0.25, 0.3) is 10.9 Å². The first-order valence-electron chi connectivity index (χ1n) is 10.3. The Kier molecular flexibility index (Phi) is 4.63. The van der Waals surface area contributed by atoms with Crippen molar-refractivity contribution in [2.45, 2.75) is 31.3 Å². The summed E-state index contributed by atoms with van der Waals surface area (Å²) < 4.78 is 17.0. The number of pyridine rings is 1. The fourth-order valence-electron chi connectivity index (χ4n) is 5.09. The Morgan fingerprint density at radius 2 is 2.10 bits per heavy atom. The number of benzene rings is 1. The highest BCUT2D eigenvalue weighted by molar-refractivity contribution is 6.38. The zero-order valence-corrected chi connectivity index (χ0v) is 17.3. The molecule has 3 aliphatic rings. The predicted octanol–water partition coefficient (Wildman–Crippen LogP) is 3.43. The van der Waals surface area contributed by atoms with Crippen LogP contribution in [-0.4, -0.2) is 41.8 Å². The molecule has 2 heterocycles. The van der Waals surface area contributed by atoms with E-state index in [1.807, 2.05) is 11.9 Å². The lowest BCUT2D eigenvalue weighted by molar-refractivity contribution is 0.0695. The molecule has 5 rings (SSSR count). The number of fused-ring (bicyclic) bond motifs is 2. The average molecular weight is 432 g/mol. The van der Waals surface area contributed by atoms with Crippen LogP contribution < -0.4 is 15.6 Å². The minimum atomic E-state index is -1.31. The number of rotatable bonds is 4. The summed E-state index contributed by atoms with van der Waals surface area (Å²) >= 11 is 6.75. The Morgan fingerprint density at radius 1 is 1.33 bits per heavy atom. The lowest BCUT2D eigenvalue weighted by atomic mass is 9.83. The maximum Gasteiger partial charge on any atom is 0.341 e. The quantitative estimate of drug-likeness (QED) is 0.725. The fraction of sp³-hybridized carbons (Fsp3) is 0.455. The second-order valence-electron chi connectivity index (χ2n) is 8.52. The van der Waals surface area contributed by atoms with E-state index >= 15 is 4.39 Å². The molecule has 158 valence electrons. The molecule has 2 aromatic rings. The van der Waals surface area contributed by atoms with E-state index in [0.717, 1.165) is 25.3 Å². The van der Waals surface area contributed by atoms with Gasteiger partial charge >= 0.3 is 5.97 Å². The van der Waals surface area contributed by atoms with Gasteiger partial charge in [0.15, 0.2) is 0 Å². The van der Waals surface area contributed by atoms with Crippen LogP contribution in [-0.2, 0) is 0 Å². The molecule has 2 fully saturated rings. The van der Waals surface area contributed by atoms with Crippen molar-refractivity contribution < 1.29 is 14.3 Å². The van der Waals surface area contributed by atoms with Gasteiger partial charge in [-0.25, -0.2) is 9.18 Å². The molecule has 1 aromatic carbocycles. The van der Waals surface area contributed by atoms with E-state index in [1.54, 1.807) is 4.57 Å². The largest absolute Gasteiger partial charge is 0.477 e. The highest BCUT2D eigenvalue weighted by Crippen LogP contribution is 2.44. The molecule has 0 bridgehead atoms. The summed E-state index contributed by atoms with van der Waals surface area (Å²) in [7, 11) is 1.95. The van der Waals surface area contributed by atoms with Crippen molar-refractivity contribution in [3.05, 3.63) is 51.0 Å². The molecular weight excluding hydrogens is 409 g/mol. The second-order valence-corrected chi connectivity index (χ2v) is 8.90. The maximum absolute atomic E-state index is 15.3. The summed E-state index contributed by atoms with van der Waals surface area (Å²) in [6.45, 7) is 1.33. The van der Waals surface area contributed by atoms with Gasteiger partial charge in [-0.1, -0.05) is 23.8 Å². The Bertz CT molecular complexity index is 1140. The summed E-state index contributed by atoms with van der Waals surface area (Å²) in [4.78, 5) is 26.3. The molecule has 8 heteroatoms. The summed E-state index contributed by atoms with van der Waals surface area (Å²) in [6.07, 6.45) is 8.43. The van der Waals surface area contributed by atoms with E-state index in [1.165, 1.54) is 6.20 Å². The van der Waals surface area contributed by atoms with Crippen molar-refractivity contribution in [3.8, 4) is 0 Å². The molecule has 0 amide bonds. The molecule has 1 aliphatic heterocycles. The number of carboxylic acid groups (broad SMARTS) is 1. The summed E-state index contributed by atoms with van der Waals surface area (Å²) in [6, 6.07) is 1.58. The zero-order chi connectivity index (χ0) is 21.2. The molecule has 2 N–H and O–H groups in total. The molecule has 0 radical (unpaired) electrons. The number of aromatic carboxylic acids is 1. The number of hydrogen-bond acceptors (Lipinski definition) is 4. The monoisotopic (exact) mass is 431 g/mol. The first kappa shape index (κ1) is 19.6. The van der Waals surface area contributed by atoms with Crippen LogP contribution in [0.4, 0.5) is 10.1 Å². The minimum Gasteiger partial charge on any atom is -0.477 e. The maximum atomic E-state index is 15.3. The van der Waals surface area contributed by atoms with Crippen molar-refractivity contribution in [1.82, 2.24) is 9.88 Å². The molecule has 0 unspecified atom stereocenters. The molecule has 1 aromatic heterocycles. The van der Waals surface area contributed by atoms with Crippen LogP contribution in [0.2, 0.25) is 5.02 Å². The van der Waals surface area contributed by atoms with Gasteiger partial charge in [0, 0.05) is 37.3 Å². The van der Waals surface area contributed by atoms with Gasteiger partial charge in [0.05, 0.1) is 21.6 Å². The van der Waals surface area contributed by atoms with Gasteiger partial charge in [0.2, 0.25) is 5.43 Å². The second kappa shape index (κ2) is 7.10. The first-order chi connectivity index (χ1) is 14.4. The van der Waals surface area contributed by atoms with E-state index in [4.69, 9.17) is 11.6 Å². The molecule has 30 heavy (non-hydrogen) atoms. The van der Waals surface area contributed by atoms with Gasteiger partial charge in [-0.15, -0.1) is 0 Å². The van der Waals surface area contributed by atoms with E-state index in [9.17, 15) is 14.7 Å². The Hall–Kier alpha value is -2.38. The normalized spacial score (nSPS) is 25.7.